The van der Waals surface area contributed by atoms with E-state index in [0.29, 0.717) is 11.3 Å². The number of aromatic nitrogens is 1. The van der Waals surface area contributed by atoms with Gasteiger partial charge in [-0.3, -0.25) is 0 Å². The molecule has 2 aromatic rings. The summed E-state index contributed by atoms with van der Waals surface area (Å²) in [5.74, 6) is -0.337. The molecule has 0 fully saturated rings. The van der Waals surface area contributed by atoms with Crippen molar-refractivity contribution in [3.8, 4) is 0 Å². The molecule has 0 amide bonds. The highest BCUT2D eigenvalue weighted by Crippen LogP contribution is 2.24. The average molecular weight is 276 g/mol. The summed E-state index contributed by atoms with van der Waals surface area (Å²) >= 11 is 1.27. The number of hydrogen-bond donors (Lipinski definition) is 1. The molecular weight excluding hydrogens is 260 g/mol. The van der Waals surface area contributed by atoms with Gasteiger partial charge in [0.25, 0.3) is 0 Å². The van der Waals surface area contributed by atoms with E-state index < -0.39 is 0 Å². The number of esters is 1. The third kappa shape index (κ3) is 3.12. The predicted octanol–water partition coefficient (Wildman–Crippen LogP) is 3.16. The Bertz CT molecular complexity index is 576. The van der Waals surface area contributed by atoms with Crippen LogP contribution in [0, 0.1) is 13.8 Å². The van der Waals surface area contributed by atoms with Crippen molar-refractivity contribution in [1.82, 2.24) is 4.37 Å². The molecule has 0 aliphatic rings. The van der Waals surface area contributed by atoms with Gasteiger partial charge in [0, 0.05) is 7.05 Å². The van der Waals surface area contributed by atoms with E-state index in [0.717, 1.165) is 10.6 Å². The molecule has 100 valence electrons. The standard InChI is InChI=1S/C14H16N2O2S/c1-9-4-6-11(7-5-9)8-18-14(17)12-10(2)16-19-13(12)15-3/h4-7,15H,8H2,1-3H3. The Kier molecular flexibility index (Phi) is 4.16. The van der Waals surface area contributed by atoms with Gasteiger partial charge in [-0.05, 0) is 30.9 Å². The van der Waals surface area contributed by atoms with E-state index in [1.165, 1.54) is 17.1 Å². The van der Waals surface area contributed by atoms with Crippen LogP contribution in [0.2, 0.25) is 0 Å². The minimum absolute atomic E-state index is 0.275. The fourth-order valence-corrected chi connectivity index (χ4v) is 2.42. The number of carbonyl (C=O) groups is 1. The molecule has 19 heavy (non-hydrogen) atoms. The van der Waals surface area contributed by atoms with Gasteiger partial charge >= 0.3 is 5.97 Å². The lowest BCUT2D eigenvalue weighted by molar-refractivity contribution is 0.0473. The predicted molar refractivity (Wildman–Crippen MR) is 76.7 cm³/mol. The number of anilines is 1. The van der Waals surface area contributed by atoms with Crippen molar-refractivity contribution in [1.29, 1.82) is 0 Å². The van der Waals surface area contributed by atoms with Crippen molar-refractivity contribution >= 4 is 22.5 Å². The lowest BCUT2D eigenvalue weighted by Gasteiger charge is -2.06. The monoisotopic (exact) mass is 276 g/mol. The zero-order valence-corrected chi connectivity index (χ0v) is 12.0. The van der Waals surface area contributed by atoms with Crippen LogP contribution in [-0.4, -0.2) is 17.4 Å². The Labute approximate surface area is 116 Å². The van der Waals surface area contributed by atoms with Gasteiger partial charge in [0.15, 0.2) is 0 Å². The van der Waals surface area contributed by atoms with E-state index in [-0.39, 0.29) is 12.6 Å². The molecule has 1 aromatic heterocycles. The maximum atomic E-state index is 12.1. The van der Waals surface area contributed by atoms with Gasteiger partial charge in [0.1, 0.15) is 17.2 Å². The first-order chi connectivity index (χ1) is 9.11. The summed E-state index contributed by atoms with van der Waals surface area (Å²) in [6.07, 6.45) is 0. The number of rotatable bonds is 4. The molecule has 0 bridgehead atoms. The number of benzene rings is 1. The molecule has 0 saturated heterocycles. The first-order valence-electron chi connectivity index (χ1n) is 5.98. The second kappa shape index (κ2) is 5.84. The van der Waals surface area contributed by atoms with Crippen molar-refractivity contribution < 1.29 is 9.53 Å². The third-order valence-corrected chi connectivity index (χ3v) is 3.74. The molecule has 4 nitrogen and oxygen atoms in total. The summed E-state index contributed by atoms with van der Waals surface area (Å²) in [6, 6.07) is 7.92. The normalized spacial score (nSPS) is 10.3. The molecule has 5 heteroatoms. The topological polar surface area (TPSA) is 51.2 Å². The second-order valence-corrected chi connectivity index (χ2v) is 5.06. The van der Waals surface area contributed by atoms with Gasteiger partial charge < -0.3 is 10.1 Å². The van der Waals surface area contributed by atoms with Gasteiger partial charge in [0.2, 0.25) is 0 Å². The summed E-state index contributed by atoms with van der Waals surface area (Å²) in [5.41, 5.74) is 3.39. The van der Waals surface area contributed by atoms with E-state index >= 15 is 0 Å². The summed E-state index contributed by atoms with van der Waals surface area (Å²) in [6.45, 7) is 4.10. The van der Waals surface area contributed by atoms with Crippen LogP contribution < -0.4 is 5.32 Å². The van der Waals surface area contributed by atoms with E-state index in [1.54, 1.807) is 14.0 Å². The number of nitrogens with zero attached hydrogens (tertiary/aromatic N) is 1. The van der Waals surface area contributed by atoms with Gasteiger partial charge in [-0.25, -0.2) is 4.79 Å². The van der Waals surface area contributed by atoms with Crippen molar-refractivity contribution in [2.45, 2.75) is 20.5 Å². The molecule has 0 unspecified atom stereocenters. The Morgan fingerprint density at radius 1 is 1.32 bits per heavy atom. The zero-order valence-electron chi connectivity index (χ0n) is 11.2. The highest BCUT2D eigenvalue weighted by Gasteiger charge is 2.19. The Morgan fingerprint density at radius 2 is 2.00 bits per heavy atom. The second-order valence-electron chi connectivity index (χ2n) is 4.28. The van der Waals surface area contributed by atoms with Crippen LogP contribution in [0.5, 0.6) is 0 Å². The minimum atomic E-state index is -0.337. The van der Waals surface area contributed by atoms with Gasteiger partial charge in [0.05, 0.1) is 5.69 Å². The van der Waals surface area contributed by atoms with Crippen molar-refractivity contribution in [2.75, 3.05) is 12.4 Å². The number of aryl methyl sites for hydroxylation is 2. The van der Waals surface area contributed by atoms with Gasteiger partial charge in [-0.1, -0.05) is 29.8 Å². The number of nitrogens with one attached hydrogen (secondary N) is 1. The molecule has 0 radical (unpaired) electrons. The highest BCUT2D eigenvalue weighted by molar-refractivity contribution is 7.10. The average Bonchev–Trinajstić information content (AvgIpc) is 2.79. The van der Waals surface area contributed by atoms with Crippen LogP contribution in [-0.2, 0) is 11.3 Å². The van der Waals surface area contributed by atoms with Crippen LogP contribution in [0.25, 0.3) is 0 Å². The zero-order chi connectivity index (χ0) is 13.8. The van der Waals surface area contributed by atoms with Crippen molar-refractivity contribution in [3.05, 3.63) is 46.6 Å². The molecule has 1 aromatic carbocycles. The lowest BCUT2D eigenvalue weighted by Crippen LogP contribution is -2.08. The largest absolute Gasteiger partial charge is 0.457 e. The number of ether oxygens (including phenoxy) is 1. The minimum Gasteiger partial charge on any atom is -0.457 e. The van der Waals surface area contributed by atoms with Gasteiger partial charge in [-0.2, -0.15) is 4.37 Å². The molecule has 2 rings (SSSR count). The molecule has 0 saturated carbocycles. The first kappa shape index (κ1) is 13.5. The maximum absolute atomic E-state index is 12.1. The summed E-state index contributed by atoms with van der Waals surface area (Å²) in [4.78, 5) is 12.1. The molecular formula is C14H16N2O2S. The Balaban J connectivity index is 2.05. The molecule has 0 aliphatic heterocycles. The van der Waals surface area contributed by atoms with Crippen molar-refractivity contribution in [2.24, 2.45) is 0 Å². The van der Waals surface area contributed by atoms with Crippen LogP contribution in [0.3, 0.4) is 0 Å². The third-order valence-electron chi connectivity index (χ3n) is 2.78. The molecule has 1 heterocycles. The van der Waals surface area contributed by atoms with E-state index in [9.17, 15) is 4.79 Å². The van der Waals surface area contributed by atoms with Crippen LogP contribution in [0.15, 0.2) is 24.3 Å². The molecule has 0 spiro atoms. The van der Waals surface area contributed by atoms with E-state index in [2.05, 4.69) is 9.69 Å². The van der Waals surface area contributed by atoms with Crippen molar-refractivity contribution in [3.63, 3.8) is 0 Å². The summed E-state index contributed by atoms with van der Waals surface area (Å²) in [5, 5.41) is 3.70. The maximum Gasteiger partial charge on any atom is 0.343 e. The van der Waals surface area contributed by atoms with Crippen LogP contribution in [0.1, 0.15) is 27.2 Å². The molecule has 0 aliphatic carbocycles. The highest BCUT2D eigenvalue weighted by atomic mass is 32.1. The first-order valence-corrected chi connectivity index (χ1v) is 6.76. The van der Waals surface area contributed by atoms with Gasteiger partial charge in [-0.15, -0.1) is 0 Å². The number of carbonyl (C=O) groups excluding carboxylic acids is 1. The Morgan fingerprint density at radius 3 is 2.63 bits per heavy atom. The SMILES string of the molecule is CNc1snc(C)c1C(=O)OCc1ccc(C)cc1. The summed E-state index contributed by atoms with van der Waals surface area (Å²) < 4.78 is 9.48. The summed E-state index contributed by atoms with van der Waals surface area (Å²) in [7, 11) is 1.77. The fourth-order valence-electron chi connectivity index (χ4n) is 1.69. The lowest BCUT2D eigenvalue weighted by atomic mass is 10.2. The molecule has 1 N–H and O–H groups in total. The van der Waals surface area contributed by atoms with Crippen LogP contribution in [0.4, 0.5) is 5.00 Å². The number of hydrogen-bond acceptors (Lipinski definition) is 5. The fraction of sp³-hybridized carbons (Fsp3) is 0.286. The van der Waals surface area contributed by atoms with E-state index in [1.807, 2.05) is 31.2 Å². The van der Waals surface area contributed by atoms with Crippen LogP contribution >= 0.6 is 11.5 Å². The van der Waals surface area contributed by atoms with E-state index in [4.69, 9.17) is 4.74 Å². The smallest absolute Gasteiger partial charge is 0.343 e. The quantitative estimate of drug-likeness (QED) is 0.872. The Hall–Kier alpha value is -1.88. The molecule has 0 atom stereocenters.